The number of alkyl halides is 3. The van der Waals surface area contributed by atoms with Crippen molar-refractivity contribution in [3.8, 4) is 5.75 Å². The molecule has 0 heterocycles. The molecule has 152 valence electrons. The molecule has 0 fully saturated rings. The number of benzene rings is 3. The number of aryl methyl sites for hydroxylation is 1. The second-order valence-electron chi connectivity index (χ2n) is 7.68. The molecule has 1 aliphatic rings. The minimum absolute atomic E-state index is 0.0753. The minimum atomic E-state index is -4.70. The van der Waals surface area contributed by atoms with Gasteiger partial charge in [-0.15, -0.1) is 13.2 Å². The van der Waals surface area contributed by atoms with Crippen molar-refractivity contribution in [2.24, 2.45) is 5.92 Å². The van der Waals surface area contributed by atoms with Crippen molar-refractivity contribution in [3.05, 3.63) is 77.1 Å². The molecule has 1 nitrogen and oxygen atoms in total. The molecular weight excluding hydrogens is 380 g/mol. The van der Waals surface area contributed by atoms with Crippen LogP contribution in [0.3, 0.4) is 0 Å². The average molecular weight is 402 g/mol. The molecule has 3 aromatic carbocycles. The van der Waals surface area contributed by atoms with Gasteiger partial charge in [-0.3, -0.25) is 0 Å². The van der Waals surface area contributed by atoms with Crippen molar-refractivity contribution < 1.29 is 22.3 Å². The lowest BCUT2D eigenvalue weighted by Crippen LogP contribution is -2.22. The molecule has 3 aromatic rings. The van der Waals surface area contributed by atoms with E-state index in [-0.39, 0.29) is 17.5 Å². The second kappa shape index (κ2) is 7.69. The molecule has 29 heavy (non-hydrogen) atoms. The SMILES string of the molecule is CCC[C@@H]1CCc2c(ccc3ccc(F)cc23)[C@H]1c1ccc(OC(F)(F)F)cc1. The molecule has 0 unspecified atom stereocenters. The lowest BCUT2D eigenvalue weighted by Gasteiger charge is -2.35. The molecule has 0 radical (unpaired) electrons. The van der Waals surface area contributed by atoms with Gasteiger partial charge < -0.3 is 4.74 Å². The van der Waals surface area contributed by atoms with Crippen LogP contribution in [0.2, 0.25) is 0 Å². The summed E-state index contributed by atoms with van der Waals surface area (Å²) < 4.78 is 55.4. The topological polar surface area (TPSA) is 9.23 Å². The fourth-order valence-electron chi connectivity index (χ4n) is 4.70. The largest absolute Gasteiger partial charge is 0.573 e. The minimum Gasteiger partial charge on any atom is -0.406 e. The van der Waals surface area contributed by atoms with Crippen molar-refractivity contribution >= 4 is 10.8 Å². The van der Waals surface area contributed by atoms with E-state index >= 15 is 0 Å². The van der Waals surface area contributed by atoms with Gasteiger partial charge in [-0.05, 0) is 76.9 Å². The molecule has 1 aliphatic carbocycles. The van der Waals surface area contributed by atoms with Gasteiger partial charge in [0.25, 0.3) is 0 Å². The van der Waals surface area contributed by atoms with Crippen LogP contribution in [0.15, 0.2) is 54.6 Å². The standard InChI is InChI=1S/C24H22F4O/c1-2-3-16-8-12-20-21(13-7-15-4-9-18(25)14-22(15)20)23(16)17-5-10-19(11-6-17)29-24(26,27)28/h4-7,9-11,13-14,16,23H,2-3,8,12H2,1H3/t16-,23-/m1/s1. The fourth-order valence-corrected chi connectivity index (χ4v) is 4.70. The van der Waals surface area contributed by atoms with E-state index < -0.39 is 6.36 Å². The first-order valence-electron chi connectivity index (χ1n) is 9.92. The fraction of sp³-hybridized carbons (Fsp3) is 0.333. The van der Waals surface area contributed by atoms with Crippen molar-refractivity contribution in [3.63, 3.8) is 0 Å². The van der Waals surface area contributed by atoms with E-state index in [1.807, 2.05) is 6.07 Å². The van der Waals surface area contributed by atoms with Crippen LogP contribution in [0.4, 0.5) is 17.6 Å². The zero-order valence-electron chi connectivity index (χ0n) is 16.1. The molecule has 0 saturated carbocycles. The highest BCUT2D eigenvalue weighted by molar-refractivity contribution is 5.87. The monoisotopic (exact) mass is 402 g/mol. The highest BCUT2D eigenvalue weighted by Gasteiger charge is 2.33. The Balaban J connectivity index is 1.78. The highest BCUT2D eigenvalue weighted by Crippen LogP contribution is 2.45. The Labute approximate surface area is 167 Å². The molecule has 0 bridgehead atoms. The Kier molecular flexibility index (Phi) is 5.24. The van der Waals surface area contributed by atoms with Crippen LogP contribution >= 0.6 is 0 Å². The number of halogens is 4. The lowest BCUT2D eigenvalue weighted by molar-refractivity contribution is -0.274. The first-order chi connectivity index (χ1) is 13.9. The maximum atomic E-state index is 13.9. The zero-order valence-corrected chi connectivity index (χ0v) is 16.1. The molecular formula is C24H22F4O. The average Bonchev–Trinajstić information content (AvgIpc) is 2.67. The van der Waals surface area contributed by atoms with E-state index in [4.69, 9.17) is 0 Å². The summed E-state index contributed by atoms with van der Waals surface area (Å²) in [5.74, 6) is -0.00381. The highest BCUT2D eigenvalue weighted by atomic mass is 19.4. The van der Waals surface area contributed by atoms with Crippen LogP contribution in [0.1, 0.15) is 48.8 Å². The van der Waals surface area contributed by atoms with E-state index in [0.717, 1.165) is 53.1 Å². The second-order valence-corrected chi connectivity index (χ2v) is 7.68. The maximum absolute atomic E-state index is 13.9. The van der Waals surface area contributed by atoms with E-state index in [0.29, 0.717) is 5.92 Å². The van der Waals surface area contributed by atoms with E-state index in [2.05, 4.69) is 17.7 Å². The number of fused-ring (bicyclic) bond motifs is 3. The van der Waals surface area contributed by atoms with Gasteiger partial charge in [-0.1, -0.05) is 43.7 Å². The third kappa shape index (κ3) is 4.09. The zero-order chi connectivity index (χ0) is 20.6. The van der Waals surface area contributed by atoms with Gasteiger partial charge in [0.05, 0.1) is 0 Å². The first kappa shape index (κ1) is 19.7. The maximum Gasteiger partial charge on any atom is 0.573 e. The van der Waals surface area contributed by atoms with Crippen molar-refractivity contribution in [1.82, 2.24) is 0 Å². The molecule has 2 atom stereocenters. The Morgan fingerprint density at radius 3 is 2.41 bits per heavy atom. The summed E-state index contributed by atoms with van der Waals surface area (Å²) in [6.07, 6.45) is -0.777. The molecule has 0 aromatic heterocycles. The Bertz CT molecular complexity index is 1010. The molecule has 0 amide bonds. The Morgan fingerprint density at radius 2 is 1.72 bits per heavy atom. The van der Waals surface area contributed by atoms with Gasteiger partial charge >= 0.3 is 6.36 Å². The smallest absolute Gasteiger partial charge is 0.406 e. The molecule has 0 aliphatic heterocycles. The summed E-state index contributed by atoms with van der Waals surface area (Å²) in [7, 11) is 0. The van der Waals surface area contributed by atoms with Crippen LogP contribution in [0.5, 0.6) is 5.75 Å². The van der Waals surface area contributed by atoms with Gasteiger partial charge in [-0.25, -0.2) is 4.39 Å². The van der Waals surface area contributed by atoms with Crippen molar-refractivity contribution in [1.29, 1.82) is 0 Å². The third-order valence-corrected chi connectivity index (χ3v) is 5.84. The summed E-state index contributed by atoms with van der Waals surface area (Å²) in [4.78, 5) is 0. The van der Waals surface area contributed by atoms with Crippen LogP contribution in [0.25, 0.3) is 10.8 Å². The van der Waals surface area contributed by atoms with Gasteiger partial charge in [0.2, 0.25) is 0 Å². The molecule has 0 spiro atoms. The van der Waals surface area contributed by atoms with E-state index in [1.165, 1.54) is 18.2 Å². The number of rotatable bonds is 4. The quantitative estimate of drug-likeness (QED) is 0.414. The predicted octanol–water partition coefficient (Wildman–Crippen LogP) is 7.37. The van der Waals surface area contributed by atoms with Crippen molar-refractivity contribution in [2.45, 2.75) is 44.9 Å². The summed E-state index contributed by atoms with van der Waals surface area (Å²) in [5.41, 5.74) is 3.27. The summed E-state index contributed by atoms with van der Waals surface area (Å²) in [6, 6.07) is 15.2. The van der Waals surface area contributed by atoms with E-state index in [9.17, 15) is 17.6 Å². The summed E-state index contributed by atoms with van der Waals surface area (Å²) in [6.45, 7) is 2.14. The van der Waals surface area contributed by atoms with Gasteiger partial charge in [-0.2, -0.15) is 0 Å². The number of ether oxygens (including phenoxy) is 1. The summed E-state index contributed by atoms with van der Waals surface area (Å²) in [5, 5.41) is 1.94. The molecule has 5 heteroatoms. The van der Waals surface area contributed by atoms with Gasteiger partial charge in [0, 0.05) is 5.92 Å². The number of hydrogen-bond donors (Lipinski definition) is 0. The third-order valence-electron chi connectivity index (χ3n) is 5.84. The molecule has 0 saturated heterocycles. The van der Waals surface area contributed by atoms with Crippen molar-refractivity contribution in [2.75, 3.05) is 0 Å². The molecule has 4 rings (SSSR count). The van der Waals surface area contributed by atoms with Crippen LogP contribution in [-0.4, -0.2) is 6.36 Å². The normalized spacial score (nSPS) is 19.2. The first-order valence-corrected chi connectivity index (χ1v) is 9.92. The summed E-state index contributed by atoms with van der Waals surface area (Å²) >= 11 is 0. The number of hydrogen-bond acceptors (Lipinski definition) is 1. The Hall–Kier alpha value is -2.56. The van der Waals surface area contributed by atoms with E-state index in [1.54, 1.807) is 24.3 Å². The molecule has 0 N–H and O–H groups in total. The van der Waals surface area contributed by atoms with Crippen LogP contribution in [-0.2, 0) is 6.42 Å². The Morgan fingerprint density at radius 1 is 1.00 bits per heavy atom. The van der Waals surface area contributed by atoms with Gasteiger partial charge in [0.15, 0.2) is 0 Å². The lowest BCUT2D eigenvalue weighted by atomic mass is 9.69. The van der Waals surface area contributed by atoms with Gasteiger partial charge in [0.1, 0.15) is 11.6 Å². The van der Waals surface area contributed by atoms with Crippen LogP contribution in [0, 0.1) is 11.7 Å². The predicted molar refractivity (Wildman–Crippen MR) is 106 cm³/mol. The van der Waals surface area contributed by atoms with Crippen LogP contribution < -0.4 is 4.74 Å².